The van der Waals surface area contributed by atoms with E-state index in [0.717, 1.165) is 17.6 Å². The maximum atomic E-state index is 12.9. The molecule has 0 aliphatic carbocycles. The summed E-state index contributed by atoms with van der Waals surface area (Å²) < 4.78 is 6.76. The molecule has 2 heterocycles. The van der Waals surface area contributed by atoms with Crippen molar-refractivity contribution in [3.8, 4) is 0 Å². The second-order valence-electron chi connectivity index (χ2n) is 8.05. The number of carbonyl (C=O) groups is 2. The molecule has 3 aromatic carbocycles. The van der Waals surface area contributed by atoms with E-state index in [1.165, 1.54) is 5.56 Å². The first-order chi connectivity index (χ1) is 16.1. The number of fused-ring (bicyclic) bond motifs is 2. The first-order valence-corrected chi connectivity index (χ1v) is 11.0. The molecule has 7 nitrogen and oxygen atoms in total. The molecule has 0 unspecified atom stereocenters. The van der Waals surface area contributed by atoms with Crippen LogP contribution in [0, 0.1) is 0 Å². The number of hydrogen-bond acceptors (Lipinski definition) is 4. The minimum atomic E-state index is -0.419. The molecular weight excluding hydrogens is 418 g/mol. The van der Waals surface area contributed by atoms with E-state index in [0.29, 0.717) is 36.3 Å². The number of aromatic nitrogens is 1. The smallest absolute Gasteiger partial charge is 0.408 e. The first kappa shape index (κ1) is 20.8. The van der Waals surface area contributed by atoms with Crippen molar-refractivity contribution < 1.29 is 14.0 Å². The lowest BCUT2D eigenvalue weighted by molar-refractivity contribution is -0.116. The van der Waals surface area contributed by atoms with Crippen LogP contribution in [-0.4, -0.2) is 22.9 Å². The molecule has 0 saturated heterocycles. The van der Waals surface area contributed by atoms with Gasteiger partial charge >= 0.3 is 5.76 Å². The Morgan fingerprint density at radius 1 is 0.939 bits per heavy atom. The normalized spacial score (nSPS) is 12.7. The number of anilines is 2. The summed E-state index contributed by atoms with van der Waals surface area (Å²) in [5.74, 6) is -0.614. The van der Waals surface area contributed by atoms with Crippen molar-refractivity contribution in [1.82, 2.24) is 4.57 Å². The van der Waals surface area contributed by atoms with Gasteiger partial charge < -0.3 is 14.6 Å². The third-order valence-electron chi connectivity index (χ3n) is 5.91. The number of para-hydroxylation sites is 3. The minimum Gasteiger partial charge on any atom is -0.408 e. The number of hydrogen-bond donors (Lipinski definition) is 1. The monoisotopic (exact) mass is 441 g/mol. The van der Waals surface area contributed by atoms with E-state index in [2.05, 4.69) is 5.32 Å². The molecule has 1 aliphatic heterocycles. The van der Waals surface area contributed by atoms with Gasteiger partial charge in [-0.2, -0.15) is 0 Å². The summed E-state index contributed by atoms with van der Waals surface area (Å²) >= 11 is 0. The summed E-state index contributed by atoms with van der Waals surface area (Å²) in [6, 6.07) is 22.1. The van der Waals surface area contributed by atoms with Gasteiger partial charge in [0.25, 0.3) is 5.91 Å². The van der Waals surface area contributed by atoms with Crippen molar-refractivity contribution in [2.45, 2.75) is 25.8 Å². The van der Waals surface area contributed by atoms with Gasteiger partial charge in [0, 0.05) is 36.4 Å². The SMILES string of the molecule is O=C(CCCn1c(=O)oc2ccccc21)Nc1ccc(C(=O)N2CCc3ccccc32)cc1. The molecule has 0 radical (unpaired) electrons. The topological polar surface area (TPSA) is 84.5 Å². The second-order valence-corrected chi connectivity index (χ2v) is 8.05. The highest BCUT2D eigenvalue weighted by molar-refractivity contribution is 6.07. The predicted molar refractivity (Wildman–Crippen MR) is 127 cm³/mol. The summed E-state index contributed by atoms with van der Waals surface area (Å²) in [4.78, 5) is 39.1. The van der Waals surface area contributed by atoms with Crippen molar-refractivity contribution in [3.05, 3.63) is 94.5 Å². The first-order valence-electron chi connectivity index (χ1n) is 11.0. The lowest BCUT2D eigenvalue weighted by Crippen LogP contribution is -2.28. The quantitative estimate of drug-likeness (QED) is 0.486. The van der Waals surface area contributed by atoms with Gasteiger partial charge in [0.1, 0.15) is 0 Å². The van der Waals surface area contributed by atoms with E-state index in [4.69, 9.17) is 4.42 Å². The van der Waals surface area contributed by atoms with Crippen LogP contribution in [0.2, 0.25) is 0 Å². The molecule has 1 N–H and O–H groups in total. The Morgan fingerprint density at radius 2 is 1.70 bits per heavy atom. The van der Waals surface area contributed by atoms with Crippen LogP contribution in [-0.2, 0) is 17.8 Å². The zero-order chi connectivity index (χ0) is 22.8. The van der Waals surface area contributed by atoms with E-state index in [1.807, 2.05) is 42.5 Å². The number of rotatable bonds is 6. The Morgan fingerprint density at radius 3 is 2.55 bits per heavy atom. The van der Waals surface area contributed by atoms with Crippen molar-refractivity contribution in [3.63, 3.8) is 0 Å². The van der Waals surface area contributed by atoms with Gasteiger partial charge in [-0.25, -0.2) is 4.79 Å². The van der Waals surface area contributed by atoms with Crippen LogP contribution in [0.3, 0.4) is 0 Å². The summed E-state index contributed by atoms with van der Waals surface area (Å²) in [6.07, 6.45) is 1.62. The van der Waals surface area contributed by atoms with Crippen LogP contribution in [0.1, 0.15) is 28.8 Å². The van der Waals surface area contributed by atoms with Crippen LogP contribution >= 0.6 is 0 Å². The lowest BCUT2D eigenvalue weighted by atomic mass is 10.1. The molecular formula is C26H23N3O4. The number of oxazole rings is 1. The van der Waals surface area contributed by atoms with Gasteiger partial charge in [0.15, 0.2) is 5.58 Å². The molecule has 0 spiro atoms. The highest BCUT2D eigenvalue weighted by Crippen LogP contribution is 2.29. The second kappa shape index (κ2) is 8.78. The Kier molecular flexibility index (Phi) is 5.52. The number of benzene rings is 3. The van der Waals surface area contributed by atoms with Crippen LogP contribution in [0.4, 0.5) is 11.4 Å². The van der Waals surface area contributed by atoms with Gasteiger partial charge in [-0.3, -0.25) is 14.2 Å². The van der Waals surface area contributed by atoms with Crippen LogP contribution in [0.5, 0.6) is 0 Å². The number of nitrogens with zero attached hydrogens (tertiary/aromatic N) is 2. The molecule has 0 saturated carbocycles. The fraction of sp³-hybridized carbons (Fsp3) is 0.192. The van der Waals surface area contributed by atoms with Gasteiger partial charge in [0.05, 0.1) is 5.52 Å². The molecule has 0 atom stereocenters. The largest absolute Gasteiger partial charge is 0.419 e. The maximum Gasteiger partial charge on any atom is 0.419 e. The summed E-state index contributed by atoms with van der Waals surface area (Å²) in [7, 11) is 0. The van der Waals surface area contributed by atoms with Gasteiger partial charge in [-0.1, -0.05) is 30.3 Å². The number of amides is 2. The number of aryl methyl sites for hydroxylation is 1. The summed E-state index contributed by atoms with van der Waals surface area (Å²) in [5.41, 5.74) is 4.62. The minimum absolute atomic E-state index is 0.0457. The molecule has 0 fully saturated rings. The molecule has 0 bridgehead atoms. The maximum absolute atomic E-state index is 12.9. The molecule has 1 aromatic heterocycles. The van der Waals surface area contributed by atoms with E-state index in [9.17, 15) is 14.4 Å². The van der Waals surface area contributed by atoms with Crippen molar-refractivity contribution in [1.29, 1.82) is 0 Å². The third kappa shape index (κ3) is 4.17. The molecule has 2 amide bonds. The average Bonchev–Trinajstić information content (AvgIpc) is 3.40. The van der Waals surface area contributed by atoms with Crippen LogP contribution in [0.15, 0.2) is 82.0 Å². The Labute approximate surface area is 190 Å². The lowest BCUT2D eigenvalue weighted by Gasteiger charge is -2.17. The molecule has 33 heavy (non-hydrogen) atoms. The molecule has 4 aromatic rings. The Hall–Kier alpha value is -4.13. The van der Waals surface area contributed by atoms with E-state index in [-0.39, 0.29) is 18.2 Å². The van der Waals surface area contributed by atoms with Crippen LogP contribution in [0.25, 0.3) is 11.1 Å². The molecule has 7 heteroatoms. The zero-order valence-corrected chi connectivity index (χ0v) is 18.0. The van der Waals surface area contributed by atoms with E-state index in [1.54, 1.807) is 39.8 Å². The summed E-state index contributed by atoms with van der Waals surface area (Å²) in [5, 5.41) is 2.85. The fourth-order valence-corrected chi connectivity index (χ4v) is 4.25. The number of carbonyl (C=O) groups excluding carboxylic acids is 2. The van der Waals surface area contributed by atoms with Crippen LogP contribution < -0.4 is 16.0 Å². The standard InChI is InChI=1S/C26H23N3O4/c30-24(10-5-16-29-22-8-3-4-9-23(22)33-26(29)32)27-20-13-11-19(12-14-20)25(31)28-17-15-18-6-1-2-7-21(18)28/h1-4,6-9,11-14H,5,10,15-17H2,(H,27,30). The Balaban J connectivity index is 1.17. The zero-order valence-electron chi connectivity index (χ0n) is 18.0. The molecule has 166 valence electrons. The third-order valence-corrected chi connectivity index (χ3v) is 5.91. The van der Waals surface area contributed by atoms with Crippen molar-refractivity contribution in [2.24, 2.45) is 0 Å². The van der Waals surface area contributed by atoms with Gasteiger partial charge in [0.2, 0.25) is 5.91 Å². The Bertz CT molecular complexity index is 1380. The number of nitrogens with one attached hydrogen (secondary N) is 1. The average molecular weight is 441 g/mol. The van der Waals surface area contributed by atoms with E-state index >= 15 is 0 Å². The van der Waals surface area contributed by atoms with Gasteiger partial charge in [-0.05, 0) is 60.9 Å². The highest BCUT2D eigenvalue weighted by atomic mass is 16.4. The molecule has 1 aliphatic rings. The fourth-order valence-electron chi connectivity index (χ4n) is 4.25. The van der Waals surface area contributed by atoms with E-state index < -0.39 is 5.76 Å². The van der Waals surface area contributed by atoms with Gasteiger partial charge in [-0.15, -0.1) is 0 Å². The highest BCUT2D eigenvalue weighted by Gasteiger charge is 2.25. The predicted octanol–water partition coefficient (Wildman–Crippen LogP) is 4.22. The summed E-state index contributed by atoms with van der Waals surface area (Å²) in [6.45, 7) is 1.07. The molecule has 5 rings (SSSR count). The van der Waals surface area contributed by atoms with Crippen molar-refractivity contribution >= 4 is 34.3 Å². The van der Waals surface area contributed by atoms with Crippen molar-refractivity contribution in [2.75, 3.05) is 16.8 Å².